The fourth-order valence-electron chi connectivity index (χ4n) is 3.50. The lowest BCUT2D eigenvalue weighted by Crippen LogP contribution is -2.27. The molecular formula is C15H18O2. The highest BCUT2D eigenvalue weighted by molar-refractivity contribution is 5.91. The number of fused-ring (bicyclic) bond motifs is 3. The Kier molecular flexibility index (Phi) is 2.29. The average molecular weight is 230 g/mol. The van der Waals surface area contributed by atoms with Gasteiger partial charge in [0.2, 0.25) is 0 Å². The number of hydrogen-bond donors (Lipinski definition) is 0. The average Bonchev–Trinajstić information content (AvgIpc) is 2.75. The Bertz CT molecular complexity index is 467. The summed E-state index contributed by atoms with van der Waals surface area (Å²) >= 11 is 0. The summed E-state index contributed by atoms with van der Waals surface area (Å²) in [5.74, 6) is 0.716. The Hall–Kier alpha value is -1.31. The molecule has 1 heterocycles. The van der Waals surface area contributed by atoms with Crippen molar-refractivity contribution in [1.82, 2.24) is 0 Å². The predicted molar refractivity (Wildman–Crippen MR) is 66.3 cm³/mol. The van der Waals surface area contributed by atoms with Crippen molar-refractivity contribution in [2.24, 2.45) is 11.8 Å². The van der Waals surface area contributed by atoms with Gasteiger partial charge in [-0.2, -0.15) is 0 Å². The van der Waals surface area contributed by atoms with Crippen molar-refractivity contribution >= 4 is 5.97 Å². The third-order valence-corrected chi connectivity index (χ3v) is 4.58. The molecular weight excluding hydrogens is 212 g/mol. The van der Waals surface area contributed by atoms with Crippen LogP contribution in [-0.2, 0) is 9.53 Å². The molecule has 0 amide bonds. The molecule has 2 nitrogen and oxygen atoms in total. The molecule has 0 saturated heterocycles. The first-order chi connectivity index (χ1) is 8.09. The van der Waals surface area contributed by atoms with Gasteiger partial charge in [-0.05, 0) is 44.6 Å². The topological polar surface area (TPSA) is 26.3 Å². The zero-order valence-electron chi connectivity index (χ0n) is 10.5. The van der Waals surface area contributed by atoms with Gasteiger partial charge in [0.05, 0.1) is 0 Å². The first-order valence-corrected chi connectivity index (χ1v) is 6.34. The van der Waals surface area contributed by atoms with Crippen molar-refractivity contribution in [1.29, 1.82) is 0 Å². The summed E-state index contributed by atoms with van der Waals surface area (Å²) in [5.41, 5.74) is 4.75. The molecule has 1 saturated carbocycles. The van der Waals surface area contributed by atoms with E-state index in [1.54, 1.807) is 0 Å². The first-order valence-electron chi connectivity index (χ1n) is 6.34. The molecule has 2 heteroatoms. The lowest BCUT2D eigenvalue weighted by atomic mass is 9.82. The lowest BCUT2D eigenvalue weighted by Gasteiger charge is -2.26. The standard InChI is InChI=1S/C15H18O2/c1-8-4-7-12-10(3)15(16)17-14(12)13-9(2)5-6-11(8)13/h5,11,13-14H,1,4,6-7H2,2-3H3/t11-,13-,14-/m0/s1. The molecule has 0 aromatic carbocycles. The molecule has 0 radical (unpaired) electrons. The van der Waals surface area contributed by atoms with Gasteiger partial charge < -0.3 is 4.74 Å². The highest BCUT2D eigenvalue weighted by atomic mass is 16.5. The van der Waals surface area contributed by atoms with Gasteiger partial charge in [0.1, 0.15) is 6.10 Å². The minimum Gasteiger partial charge on any atom is -0.454 e. The van der Waals surface area contributed by atoms with E-state index >= 15 is 0 Å². The summed E-state index contributed by atoms with van der Waals surface area (Å²) < 4.78 is 5.60. The van der Waals surface area contributed by atoms with E-state index in [0.29, 0.717) is 11.8 Å². The van der Waals surface area contributed by atoms with Crippen LogP contribution in [0.3, 0.4) is 0 Å². The van der Waals surface area contributed by atoms with E-state index in [9.17, 15) is 4.79 Å². The second kappa shape index (κ2) is 3.59. The summed E-state index contributed by atoms with van der Waals surface area (Å²) in [6.45, 7) is 8.28. The quantitative estimate of drug-likeness (QED) is 0.472. The fourth-order valence-corrected chi connectivity index (χ4v) is 3.50. The maximum Gasteiger partial charge on any atom is 0.334 e. The molecule has 0 unspecified atom stereocenters. The summed E-state index contributed by atoms with van der Waals surface area (Å²) in [6.07, 6.45) is 5.29. The molecule has 0 N–H and O–H groups in total. The third kappa shape index (κ3) is 1.43. The maximum absolute atomic E-state index is 11.7. The summed E-state index contributed by atoms with van der Waals surface area (Å²) in [6, 6.07) is 0. The SMILES string of the molecule is C=C1CCC2=C(C)C(=O)O[C@@H]2[C@H]2C(C)=CC[C@@H]12. The van der Waals surface area contributed by atoms with E-state index in [4.69, 9.17) is 4.74 Å². The van der Waals surface area contributed by atoms with Crippen LogP contribution in [0.5, 0.6) is 0 Å². The smallest absolute Gasteiger partial charge is 0.334 e. The van der Waals surface area contributed by atoms with Crippen molar-refractivity contribution in [3.63, 3.8) is 0 Å². The Labute approximate surface area is 102 Å². The zero-order chi connectivity index (χ0) is 12.2. The van der Waals surface area contributed by atoms with Crippen molar-refractivity contribution < 1.29 is 9.53 Å². The Morgan fingerprint density at radius 1 is 1.35 bits per heavy atom. The van der Waals surface area contributed by atoms with E-state index < -0.39 is 0 Å². The van der Waals surface area contributed by atoms with Crippen LogP contribution in [0.15, 0.2) is 34.9 Å². The summed E-state index contributed by atoms with van der Waals surface area (Å²) in [5, 5.41) is 0. The van der Waals surface area contributed by atoms with Crippen molar-refractivity contribution in [2.45, 2.75) is 39.2 Å². The first kappa shape index (κ1) is 10.8. The Morgan fingerprint density at radius 2 is 2.12 bits per heavy atom. The molecule has 90 valence electrons. The molecule has 3 atom stereocenters. The Morgan fingerprint density at radius 3 is 2.88 bits per heavy atom. The monoisotopic (exact) mass is 230 g/mol. The van der Waals surface area contributed by atoms with E-state index in [1.165, 1.54) is 16.7 Å². The van der Waals surface area contributed by atoms with Gasteiger partial charge in [-0.3, -0.25) is 0 Å². The second-order valence-electron chi connectivity index (χ2n) is 5.45. The summed E-state index contributed by atoms with van der Waals surface area (Å²) in [4.78, 5) is 11.7. The molecule has 0 spiro atoms. The highest BCUT2D eigenvalue weighted by Gasteiger charge is 2.45. The van der Waals surface area contributed by atoms with Gasteiger partial charge in [-0.1, -0.05) is 23.8 Å². The Balaban J connectivity index is 2.06. The van der Waals surface area contributed by atoms with Gasteiger partial charge in [-0.15, -0.1) is 0 Å². The predicted octanol–water partition coefficient (Wildman–Crippen LogP) is 3.16. The normalized spacial score (nSPS) is 36.4. The van der Waals surface area contributed by atoms with Crippen LogP contribution in [0.1, 0.15) is 33.1 Å². The minimum atomic E-state index is -0.115. The molecule has 0 bridgehead atoms. The zero-order valence-corrected chi connectivity index (χ0v) is 10.5. The van der Waals surface area contributed by atoms with Gasteiger partial charge in [-0.25, -0.2) is 4.79 Å². The number of esters is 1. The molecule has 3 rings (SSSR count). The third-order valence-electron chi connectivity index (χ3n) is 4.58. The van der Waals surface area contributed by atoms with E-state index in [2.05, 4.69) is 19.6 Å². The van der Waals surface area contributed by atoms with Crippen molar-refractivity contribution in [2.75, 3.05) is 0 Å². The van der Waals surface area contributed by atoms with Crippen LogP contribution in [0.25, 0.3) is 0 Å². The largest absolute Gasteiger partial charge is 0.454 e. The molecule has 3 aliphatic rings. The maximum atomic E-state index is 11.7. The molecule has 2 aliphatic carbocycles. The highest BCUT2D eigenvalue weighted by Crippen LogP contribution is 2.48. The van der Waals surface area contributed by atoms with Gasteiger partial charge >= 0.3 is 5.97 Å². The second-order valence-corrected chi connectivity index (χ2v) is 5.45. The number of carbonyl (C=O) groups is 1. The van der Waals surface area contributed by atoms with Crippen molar-refractivity contribution in [3.8, 4) is 0 Å². The van der Waals surface area contributed by atoms with Crippen LogP contribution in [0.2, 0.25) is 0 Å². The van der Waals surface area contributed by atoms with Gasteiger partial charge in [0.25, 0.3) is 0 Å². The molecule has 0 aromatic rings. The number of ether oxygens (including phenoxy) is 1. The number of carbonyl (C=O) groups excluding carboxylic acids is 1. The van der Waals surface area contributed by atoms with Crippen LogP contribution < -0.4 is 0 Å². The molecule has 17 heavy (non-hydrogen) atoms. The van der Waals surface area contributed by atoms with Crippen LogP contribution in [-0.4, -0.2) is 12.1 Å². The van der Waals surface area contributed by atoms with E-state index in [0.717, 1.165) is 24.8 Å². The molecule has 1 aliphatic heterocycles. The minimum absolute atomic E-state index is 0.00880. The summed E-state index contributed by atoms with van der Waals surface area (Å²) in [7, 11) is 0. The van der Waals surface area contributed by atoms with Crippen LogP contribution in [0.4, 0.5) is 0 Å². The number of rotatable bonds is 0. The fraction of sp³-hybridized carbons (Fsp3) is 0.533. The number of allylic oxidation sites excluding steroid dienone is 2. The van der Waals surface area contributed by atoms with Gasteiger partial charge in [0, 0.05) is 11.5 Å². The van der Waals surface area contributed by atoms with Gasteiger partial charge in [0.15, 0.2) is 0 Å². The van der Waals surface area contributed by atoms with Crippen molar-refractivity contribution in [3.05, 3.63) is 34.9 Å². The number of hydrogen-bond acceptors (Lipinski definition) is 2. The lowest BCUT2D eigenvalue weighted by molar-refractivity contribution is -0.141. The van der Waals surface area contributed by atoms with Crippen LogP contribution >= 0.6 is 0 Å². The van der Waals surface area contributed by atoms with E-state index in [-0.39, 0.29) is 12.1 Å². The molecule has 0 aromatic heterocycles. The molecule has 1 fully saturated rings. The van der Waals surface area contributed by atoms with Crippen LogP contribution in [0, 0.1) is 11.8 Å². The van der Waals surface area contributed by atoms with E-state index in [1.807, 2.05) is 6.92 Å².